The van der Waals surface area contributed by atoms with E-state index in [0.29, 0.717) is 22.6 Å². The van der Waals surface area contributed by atoms with Gasteiger partial charge in [-0.05, 0) is 55.8 Å². The number of amides is 1. The van der Waals surface area contributed by atoms with Crippen molar-refractivity contribution in [3.05, 3.63) is 50.7 Å². The molecule has 5 nitrogen and oxygen atoms in total. The highest BCUT2D eigenvalue weighted by Gasteiger charge is 2.19. The molecule has 0 fully saturated rings. The second-order valence-corrected chi connectivity index (χ2v) is 8.88. The van der Waals surface area contributed by atoms with Crippen LogP contribution in [0.1, 0.15) is 33.6 Å². The van der Waals surface area contributed by atoms with Crippen LogP contribution in [-0.4, -0.2) is 20.9 Å². The number of benzene rings is 1. The third-order valence-electron chi connectivity index (χ3n) is 3.93. The average molecular weight is 381 g/mol. The molecule has 0 atom stereocenters. The second-order valence-electron chi connectivity index (χ2n) is 6.18. The SMILES string of the molecule is Cc1cc(C)c(S(=O)(=O)NCCC(=O)NCc2sccc2C)c(C)c1. The highest BCUT2D eigenvalue weighted by atomic mass is 32.2. The van der Waals surface area contributed by atoms with Gasteiger partial charge in [0.05, 0.1) is 11.4 Å². The number of hydrogen-bond acceptors (Lipinski definition) is 4. The summed E-state index contributed by atoms with van der Waals surface area (Å²) in [4.78, 5) is 13.3. The van der Waals surface area contributed by atoms with E-state index in [1.54, 1.807) is 25.2 Å². The van der Waals surface area contributed by atoms with Gasteiger partial charge in [-0.1, -0.05) is 17.7 Å². The number of aryl methyl sites for hydroxylation is 4. The van der Waals surface area contributed by atoms with Crippen LogP contribution in [0.3, 0.4) is 0 Å². The van der Waals surface area contributed by atoms with Gasteiger partial charge in [0.1, 0.15) is 0 Å². The predicted octanol–water partition coefficient (Wildman–Crippen LogP) is 2.97. The summed E-state index contributed by atoms with van der Waals surface area (Å²) in [5.74, 6) is -0.173. The van der Waals surface area contributed by atoms with E-state index in [1.165, 1.54) is 0 Å². The molecule has 0 unspecified atom stereocenters. The molecule has 0 aliphatic heterocycles. The highest BCUT2D eigenvalue weighted by Crippen LogP contribution is 2.21. The minimum Gasteiger partial charge on any atom is -0.351 e. The maximum Gasteiger partial charge on any atom is 0.241 e. The minimum atomic E-state index is -3.63. The Balaban J connectivity index is 1.90. The van der Waals surface area contributed by atoms with Gasteiger partial charge in [0.25, 0.3) is 0 Å². The highest BCUT2D eigenvalue weighted by molar-refractivity contribution is 7.89. The van der Waals surface area contributed by atoms with Crippen LogP contribution < -0.4 is 10.0 Å². The minimum absolute atomic E-state index is 0.0738. The number of sulfonamides is 1. The first-order chi connectivity index (χ1) is 11.7. The van der Waals surface area contributed by atoms with Crippen molar-refractivity contribution < 1.29 is 13.2 Å². The molecule has 25 heavy (non-hydrogen) atoms. The number of hydrogen-bond donors (Lipinski definition) is 2. The van der Waals surface area contributed by atoms with E-state index in [0.717, 1.165) is 16.0 Å². The topological polar surface area (TPSA) is 75.3 Å². The molecule has 1 aromatic heterocycles. The van der Waals surface area contributed by atoms with Crippen LogP contribution >= 0.6 is 11.3 Å². The fourth-order valence-electron chi connectivity index (χ4n) is 2.81. The van der Waals surface area contributed by atoms with Gasteiger partial charge >= 0.3 is 0 Å². The Bertz CT molecular complexity index is 847. The molecule has 0 aliphatic rings. The Morgan fingerprint density at radius 2 is 1.72 bits per heavy atom. The molecular formula is C18H24N2O3S2. The summed E-state index contributed by atoms with van der Waals surface area (Å²) in [6, 6.07) is 5.70. The van der Waals surface area contributed by atoms with Gasteiger partial charge < -0.3 is 5.32 Å². The second kappa shape index (κ2) is 8.12. The van der Waals surface area contributed by atoms with Crippen molar-refractivity contribution in [1.82, 2.24) is 10.0 Å². The third-order valence-corrected chi connectivity index (χ3v) is 6.72. The van der Waals surface area contributed by atoms with Gasteiger partial charge in [-0.25, -0.2) is 13.1 Å². The predicted molar refractivity (Wildman–Crippen MR) is 101 cm³/mol. The van der Waals surface area contributed by atoms with Gasteiger partial charge in [-0.2, -0.15) is 0 Å². The van der Waals surface area contributed by atoms with Crippen LogP contribution in [0.4, 0.5) is 0 Å². The Labute approximate surface area is 153 Å². The van der Waals surface area contributed by atoms with Gasteiger partial charge in [0, 0.05) is 17.8 Å². The fourth-order valence-corrected chi connectivity index (χ4v) is 5.14. The lowest BCUT2D eigenvalue weighted by atomic mass is 10.1. The standard InChI is InChI=1S/C18H24N2O3S2/c1-12-9-14(3)18(15(4)10-12)25(22,23)20-7-5-17(21)19-11-16-13(2)6-8-24-16/h6,8-10,20H,5,7,11H2,1-4H3,(H,19,21). The molecule has 7 heteroatoms. The summed E-state index contributed by atoms with van der Waals surface area (Å²) in [5.41, 5.74) is 3.60. The van der Waals surface area contributed by atoms with Gasteiger partial charge in [0.2, 0.25) is 15.9 Å². The zero-order valence-electron chi connectivity index (χ0n) is 15.0. The summed E-state index contributed by atoms with van der Waals surface area (Å²) in [6.45, 7) is 8.05. The summed E-state index contributed by atoms with van der Waals surface area (Å²) in [6.07, 6.45) is 0.105. The van der Waals surface area contributed by atoms with Crippen molar-refractivity contribution in [2.24, 2.45) is 0 Å². The van der Waals surface area contributed by atoms with Crippen LogP contribution in [0.5, 0.6) is 0 Å². The van der Waals surface area contributed by atoms with Crippen molar-refractivity contribution in [3.8, 4) is 0 Å². The number of carbonyl (C=O) groups excluding carboxylic acids is 1. The smallest absolute Gasteiger partial charge is 0.241 e. The lowest BCUT2D eigenvalue weighted by Crippen LogP contribution is -2.31. The van der Waals surface area contributed by atoms with Crippen LogP contribution in [0, 0.1) is 27.7 Å². The van der Waals surface area contributed by atoms with Crippen LogP contribution in [0.25, 0.3) is 0 Å². The molecule has 2 aromatic rings. The molecule has 0 saturated carbocycles. The number of rotatable bonds is 7. The van der Waals surface area contributed by atoms with E-state index in [-0.39, 0.29) is 18.9 Å². The van der Waals surface area contributed by atoms with Crippen molar-refractivity contribution in [3.63, 3.8) is 0 Å². The first-order valence-corrected chi connectivity index (χ1v) is 10.4. The summed E-state index contributed by atoms with van der Waals surface area (Å²) in [5, 5.41) is 4.80. The molecule has 1 heterocycles. The molecule has 0 aliphatic carbocycles. The summed E-state index contributed by atoms with van der Waals surface area (Å²) >= 11 is 1.59. The Morgan fingerprint density at radius 1 is 1.08 bits per heavy atom. The fraction of sp³-hybridized carbons (Fsp3) is 0.389. The van der Waals surface area contributed by atoms with Crippen molar-refractivity contribution in [2.75, 3.05) is 6.54 Å². The first-order valence-electron chi connectivity index (χ1n) is 8.08. The largest absolute Gasteiger partial charge is 0.351 e. The van der Waals surface area contributed by atoms with Crippen LogP contribution in [0.15, 0.2) is 28.5 Å². The first kappa shape index (κ1) is 19.6. The van der Waals surface area contributed by atoms with Crippen molar-refractivity contribution in [2.45, 2.75) is 45.6 Å². The lowest BCUT2D eigenvalue weighted by Gasteiger charge is -2.13. The molecular weight excluding hydrogens is 356 g/mol. The van der Waals surface area contributed by atoms with Gasteiger partial charge in [0.15, 0.2) is 0 Å². The van der Waals surface area contributed by atoms with E-state index in [4.69, 9.17) is 0 Å². The maximum atomic E-state index is 12.5. The molecule has 0 bridgehead atoms. The Hall–Kier alpha value is -1.70. The van der Waals surface area contributed by atoms with E-state index < -0.39 is 10.0 Å². The monoisotopic (exact) mass is 380 g/mol. The molecule has 1 amide bonds. The molecule has 0 spiro atoms. The average Bonchev–Trinajstić information content (AvgIpc) is 2.88. The molecule has 0 saturated heterocycles. The normalized spacial score (nSPS) is 11.5. The molecule has 0 radical (unpaired) electrons. The van der Waals surface area contributed by atoms with E-state index in [1.807, 2.05) is 37.4 Å². The third kappa shape index (κ3) is 5.14. The van der Waals surface area contributed by atoms with Gasteiger partial charge in [-0.15, -0.1) is 11.3 Å². The zero-order chi connectivity index (χ0) is 18.6. The molecule has 1 aromatic carbocycles. The van der Waals surface area contributed by atoms with Crippen LogP contribution in [0.2, 0.25) is 0 Å². The lowest BCUT2D eigenvalue weighted by molar-refractivity contribution is -0.121. The number of carbonyl (C=O) groups is 1. The zero-order valence-corrected chi connectivity index (χ0v) is 16.6. The van der Waals surface area contributed by atoms with E-state index >= 15 is 0 Å². The maximum absolute atomic E-state index is 12.5. The molecule has 2 rings (SSSR count). The molecule has 136 valence electrons. The molecule has 2 N–H and O–H groups in total. The summed E-state index contributed by atoms with van der Waals surface area (Å²) in [7, 11) is -3.63. The Kier molecular flexibility index (Phi) is 6.37. The van der Waals surface area contributed by atoms with Crippen molar-refractivity contribution in [1.29, 1.82) is 0 Å². The van der Waals surface area contributed by atoms with E-state index in [2.05, 4.69) is 10.0 Å². The summed E-state index contributed by atoms with van der Waals surface area (Å²) < 4.78 is 27.6. The quantitative estimate of drug-likeness (QED) is 0.775. The van der Waals surface area contributed by atoms with Gasteiger partial charge in [-0.3, -0.25) is 4.79 Å². The Morgan fingerprint density at radius 3 is 2.28 bits per heavy atom. The van der Waals surface area contributed by atoms with Crippen molar-refractivity contribution >= 4 is 27.3 Å². The van der Waals surface area contributed by atoms with E-state index in [9.17, 15) is 13.2 Å². The number of thiophene rings is 1. The number of nitrogens with one attached hydrogen (secondary N) is 2. The van der Waals surface area contributed by atoms with Crippen LogP contribution in [-0.2, 0) is 21.4 Å².